The second-order valence-electron chi connectivity index (χ2n) is 6.74. The molecule has 1 unspecified atom stereocenters. The largest absolute Gasteiger partial charge is 0.348 e. The van der Waals surface area contributed by atoms with Gasteiger partial charge in [0.1, 0.15) is 0 Å². The third-order valence-corrected chi connectivity index (χ3v) is 4.78. The summed E-state index contributed by atoms with van der Waals surface area (Å²) in [4.78, 5) is 8.83. The fourth-order valence-electron chi connectivity index (χ4n) is 2.70. The van der Waals surface area contributed by atoms with Gasteiger partial charge < -0.3 is 10.2 Å². The van der Waals surface area contributed by atoms with Gasteiger partial charge in [-0.2, -0.15) is 0 Å². The SMILES string of the molecule is CNCc1sc(N2CCCC(C)C2)nc1C(C)(C)C. The van der Waals surface area contributed by atoms with E-state index < -0.39 is 0 Å². The standard InChI is InChI=1S/C15H27N3S/c1-11-7-6-8-18(10-11)14-17-13(15(2,3)4)12(19-14)9-16-5/h11,16H,6-10H2,1-5H3. The summed E-state index contributed by atoms with van der Waals surface area (Å²) >= 11 is 1.87. The molecule has 0 aliphatic carbocycles. The highest BCUT2D eigenvalue weighted by Gasteiger charge is 2.26. The van der Waals surface area contributed by atoms with Gasteiger partial charge in [0.25, 0.3) is 0 Å². The molecule has 3 nitrogen and oxygen atoms in total. The van der Waals surface area contributed by atoms with E-state index in [-0.39, 0.29) is 5.41 Å². The zero-order chi connectivity index (χ0) is 14.0. The lowest BCUT2D eigenvalue weighted by atomic mass is 9.91. The predicted octanol–water partition coefficient (Wildman–Crippen LogP) is 3.40. The molecule has 2 heterocycles. The van der Waals surface area contributed by atoms with E-state index >= 15 is 0 Å². The maximum Gasteiger partial charge on any atom is 0.185 e. The fraction of sp³-hybridized carbons (Fsp3) is 0.800. The topological polar surface area (TPSA) is 28.2 Å². The molecule has 0 radical (unpaired) electrons. The summed E-state index contributed by atoms with van der Waals surface area (Å²) < 4.78 is 0. The molecule has 1 fully saturated rings. The molecule has 4 heteroatoms. The van der Waals surface area contributed by atoms with Crippen LogP contribution in [0, 0.1) is 5.92 Å². The summed E-state index contributed by atoms with van der Waals surface area (Å²) in [5, 5.41) is 4.50. The van der Waals surface area contributed by atoms with Crippen LogP contribution in [0.1, 0.15) is 51.1 Å². The minimum Gasteiger partial charge on any atom is -0.348 e. The molecule has 1 atom stereocenters. The molecule has 2 rings (SSSR count). The van der Waals surface area contributed by atoms with E-state index in [0.717, 1.165) is 19.0 Å². The number of hydrogen-bond donors (Lipinski definition) is 1. The summed E-state index contributed by atoms with van der Waals surface area (Å²) in [5.74, 6) is 0.795. The second-order valence-corrected chi connectivity index (χ2v) is 7.80. The van der Waals surface area contributed by atoms with Gasteiger partial charge >= 0.3 is 0 Å². The molecule has 1 aliphatic heterocycles. The lowest BCUT2D eigenvalue weighted by molar-refractivity contribution is 0.445. The normalized spacial score (nSPS) is 20.9. The van der Waals surface area contributed by atoms with Gasteiger partial charge in [-0.25, -0.2) is 4.98 Å². The minimum absolute atomic E-state index is 0.127. The van der Waals surface area contributed by atoms with Crippen LogP contribution in [0.25, 0.3) is 0 Å². The van der Waals surface area contributed by atoms with Crippen molar-refractivity contribution in [2.45, 2.75) is 52.5 Å². The van der Waals surface area contributed by atoms with Crippen molar-refractivity contribution in [1.29, 1.82) is 0 Å². The molecule has 0 saturated carbocycles. The van der Waals surface area contributed by atoms with Crippen molar-refractivity contribution in [3.63, 3.8) is 0 Å². The quantitative estimate of drug-likeness (QED) is 0.920. The van der Waals surface area contributed by atoms with E-state index in [1.807, 2.05) is 18.4 Å². The molecule has 0 amide bonds. The molecule has 1 aliphatic rings. The Bertz CT molecular complexity index is 420. The van der Waals surface area contributed by atoms with Gasteiger partial charge in [0.05, 0.1) is 5.69 Å². The molecular weight excluding hydrogens is 254 g/mol. The summed E-state index contributed by atoms with van der Waals surface area (Å²) in [7, 11) is 2.01. The van der Waals surface area contributed by atoms with Crippen molar-refractivity contribution in [2.75, 3.05) is 25.0 Å². The minimum atomic E-state index is 0.127. The monoisotopic (exact) mass is 281 g/mol. The Hall–Kier alpha value is -0.610. The van der Waals surface area contributed by atoms with E-state index in [9.17, 15) is 0 Å². The number of rotatable bonds is 3. The molecule has 0 bridgehead atoms. The first-order valence-corrected chi connectivity index (χ1v) is 8.13. The van der Waals surface area contributed by atoms with E-state index in [1.54, 1.807) is 0 Å². The number of anilines is 1. The van der Waals surface area contributed by atoms with Gasteiger partial charge in [0.2, 0.25) is 0 Å². The van der Waals surface area contributed by atoms with Crippen LogP contribution in [0.15, 0.2) is 0 Å². The van der Waals surface area contributed by atoms with Crippen molar-refractivity contribution in [3.8, 4) is 0 Å². The van der Waals surface area contributed by atoms with Crippen LogP contribution in [0.2, 0.25) is 0 Å². The smallest absolute Gasteiger partial charge is 0.185 e. The van der Waals surface area contributed by atoms with Crippen LogP contribution in [-0.4, -0.2) is 25.1 Å². The molecule has 0 spiro atoms. The van der Waals surface area contributed by atoms with Crippen LogP contribution in [0.5, 0.6) is 0 Å². The average molecular weight is 281 g/mol. The van der Waals surface area contributed by atoms with E-state index in [1.165, 1.54) is 35.1 Å². The van der Waals surface area contributed by atoms with E-state index in [0.29, 0.717) is 0 Å². The van der Waals surface area contributed by atoms with Gasteiger partial charge in [-0.1, -0.05) is 27.7 Å². The number of piperidine rings is 1. The Labute approximate surface area is 121 Å². The highest BCUT2D eigenvalue weighted by atomic mass is 32.1. The zero-order valence-corrected chi connectivity index (χ0v) is 13.7. The van der Waals surface area contributed by atoms with E-state index in [4.69, 9.17) is 4.98 Å². The number of hydrogen-bond acceptors (Lipinski definition) is 4. The Morgan fingerprint density at radius 2 is 2.16 bits per heavy atom. The summed E-state index contributed by atoms with van der Waals surface area (Å²) in [5.41, 5.74) is 1.39. The van der Waals surface area contributed by atoms with Gasteiger partial charge in [0, 0.05) is 29.9 Å². The van der Waals surface area contributed by atoms with Crippen LogP contribution < -0.4 is 10.2 Å². The van der Waals surface area contributed by atoms with Crippen molar-refractivity contribution >= 4 is 16.5 Å². The van der Waals surface area contributed by atoms with Gasteiger partial charge in [-0.3, -0.25) is 0 Å². The Morgan fingerprint density at radius 3 is 2.74 bits per heavy atom. The summed E-state index contributed by atoms with van der Waals surface area (Å²) in [6.45, 7) is 12.4. The first kappa shape index (κ1) is 14.8. The third kappa shape index (κ3) is 3.48. The van der Waals surface area contributed by atoms with Crippen LogP contribution >= 0.6 is 11.3 Å². The molecule has 1 saturated heterocycles. The zero-order valence-electron chi connectivity index (χ0n) is 12.9. The van der Waals surface area contributed by atoms with Crippen molar-refractivity contribution in [3.05, 3.63) is 10.6 Å². The number of aromatic nitrogens is 1. The van der Waals surface area contributed by atoms with Crippen molar-refractivity contribution in [1.82, 2.24) is 10.3 Å². The molecular formula is C15H27N3S. The molecule has 1 aromatic rings. The molecule has 0 aromatic carbocycles. The lowest BCUT2D eigenvalue weighted by Gasteiger charge is -2.30. The van der Waals surface area contributed by atoms with Crippen LogP contribution in [-0.2, 0) is 12.0 Å². The lowest BCUT2D eigenvalue weighted by Crippen LogP contribution is -2.34. The van der Waals surface area contributed by atoms with Crippen LogP contribution in [0.3, 0.4) is 0 Å². The van der Waals surface area contributed by atoms with Gasteiger partial charge in [0.15, 0.2) is 5.13 Å². The number of nitrogens with one attached hydrogen (secondary N) is 1. The maximum absolute atomic E-state index is 4.96. The summed E-state index contributed by atoms with van der Waals surface area (Å²) in [6.07, 6.45) is 2.66. The highest BCUT2D eigenvalue weighted by molar-refractivity contribution is 7.15. The Morgan fingerprint density at radius 1 is 1.42 bits per heavy atom. The predicted molar refractivity (Wildman–Crippen MR) is 84.2 cm³/mol. The molecule has 108 valence electrons. The second kappa shape index (κ2) is 5.80. The maximum atomic E-state index is 4.96. The van der Waals surface area contributed by atoms with Crippen molar-refractivity contribution in [2.24, 2.45) is 5.92 Å². The van der Waals surface area contributed by atoms with Crippen LogP contribution in [0.4, 0.5) is 5.13 Å². The Balaban J connectivity index is 2.26. The molecule has 1 aromatic heterocycles. The summed E-state index contributed by atoms with van der Waals surface area (Å²) in [6, 6.07) is 0. The van der Waals surface area contributed by atoms with Crippen molar-refractivity contribution < 1.29 is 0 Å². The van der Waals surface area contributed by atoms with Gasteiger partial charge in [-0.05, 0) is 25.8 Å². The first-order chi connectivity index (χ1) is 8.91. The first-order valence-electron chi connectivity index (χ1n) is 7.31. The fourth-order valence-corrected chi connectivity index (χ4v) is 4.02. The Kier molecular flexibility index (Phi) is 4.51. The average Bonchev–Trinajstić information content (AvgIpc) is 2.73. The van der Waals surface area contributed by atoms with Gasteiger partial charge in [-0.15, -0.1) is 11.3 Å². The number of thiazole rings is 1. The third-order valence-electron chi connectivity index (χ3n) is 3.66. The number of nitrogens with zero attached hydrogens (tertiary/aromatic N) is 2. The highest BCUT2D eigenvalue weighted by Crippen LogP contribution is 2.35. The van der Waals surface area contributed by atoms with E-state index in [2.05, 4.69) is 37.9 Å². The molecule has 1 N–H and O–H groups in total. The molecule has 19 heavy (non-hydrogen) atoms.